The molecule has 0 bridgehead atoms. The van der Waals surface area contributed by atoms with Crippen LogP contribution in [-0.2, 0) is 0 Å². The quantitative estimate of drug-likeness (QED) is 0.144. The summed E-state index contributed by atoms with van der Waals surface area (Å²) in [6.07, 6.45) is 0. The van der Waals surface area contributed by atoms with Gasteiger partial charge in [-0.2, -0.15) is 0 Å². The fourth-order valence-electron chi connectivity index (χ4n) is 10.3. The first-order chi connectivity index (χ1) is 34.2. The summed E-state index contributed by atoms with van der Waals surface area (Å²) in [5, 5.41) is 4.68. The zero-order chi connectivity index (χ0) is 45.7. The largest absolute Gasteiger partial charge is 0.455 e. The van der Waals surface area contributed by atoms with Gasteiger partial charge in [0.1, 0.15) is 11.2 Å². The van der Waals surface area contributed by atoms with E-state index >= 15 is 0 Å². The van der Waals surface area contributed by atoms with Crippen molar-refractivity contribution in [1.29, 1.82) is 0 Å². The van der Waals surface area contributed by atoms with Crippen LogP contribution in [0.4, 0.5) is 17.1 Å². The molecule has 0 saturated heterocycles. The number of anilines is 3. The highest BCUT2D eigenvalue weighted by molar-refractivity contribution is 6.12. The van der Waals surface area contributed by atoms with Gasteiger partial charge in [0, 0.05) is 49.9 Å². The maximum absolute atomic E-state index is 6.78. The van der Waals surface area contributed by atoms with E-state index in [4.69, 9.17) is 4.42 Å². The minimum Gasteiger partial charge on any atom is -0.455 e. The normalized spacial score (nSPS) is 11.5. The van der Waals surface area contributed by atoms with Gasteiger partial charge in [-0.15, -0.1) is 0 Å². The Morgan fingerprint density at radius 3 is 1.51 bits per heavy atom. The highest BCUT2D eigenvalue weighted by Crippen LogP contribution is 2.45. The number of fused-ring (bicyclic) bond motifs is 6. The molecule has 0 aliphatic heterocycles. The van der Waals surface area contributed by atoms with Crippen LogP contribution in [0.15, 0.2) is 271 Å². The minimum atomic E-state index is 0.881. The number of aromatic nitrogens is 1. The summed E-state index contributed by atoms with van der Waals surface area (Å²) in [6, 6.07) is 96.1. The van der Waals surface area contributed by atoms with Crippen LogP contribution in [0.25, 0.3) is 105 Å². The Morgan fingerprint density at radius 1 is 0.275 bits per heavy atom. The topological polar surface area (TPSA) is 21.3 Å². The van der Waals surface area contributed by atoms with E-state index in [0.29, 0.717) is 0 Å². The van der Waals surface area contributed by atoms with Crippen molar-refractivity contribution in [2.24, 2.45) is 0 Å². The molecule has 13 rings (SSSR count). The molecule has 11 aromatic carbocycles. The Hall–Kier alpha value is -9.18. The molecule has 0 atom stereocenters. The van der Waals surface area contributed by atoms with E-state index in [9.17, 15) is 0 Å². The summed E-state index contributed by atoms with van der Waals surface area (Å²) in [5.41, 5.74) is 19.9. The molecule has 0 fully saturated rings. The fraction of sp³-hybridized carbons (Fsp3) is 0. The number of furan rings is 1. The molecule has 0 N–H and O–H groups in total. The van der Waals surface area contributed by atoms with Crippen molar-refractivity contribution in [2.45, 2.75) is 0 Å². The highest BCUT2D eigenvalue weighted by Gasteiger charge is 2.20. The second-order valence-corrected chi connectivity index (χ2v) is 17.7. The van der Waals surface area contributed by atoms with Gasteiger partial charge in [0.25, 0.3) is 0 Å². The molecular weight excluding hydrogens is 837 g/mol. The number of hydrogen-bond donors (Lipinski definition) is 0. The van der Waals surface area contributed by atoms with E-state index in [0.717, 1.165) is 78.1 Å². The summed E-state index contributed by atoms with van der Waals surface area (Å²) >= 11 is 0. The number of rotatable bonds is 9. The highest BCUT2D eigenvalue weighted by atomic mass is 16.3. The monoisotopic (exact) mass is 880 g/mol. The fourth-order valence-corrected chi connectivity index (χ4v) is 10.3. The molecule has 0 saturated carbocycles. The molecule has 0 aliphatic carbocycles. The Bertz CT molecular complexity index is 3900. The van der Waals surface area contributed by atoms with E-state index in [1.54, 1.807) is 0 Å². The third-order valence-corrected chi connectivity index (χ3v) is 13.6. The van der Waals surface area contributed by atoms with Crippen LogP contribution < -0.4 is 4.90 Å². The van der Waals surface area contributed by atoms with E-state index in [1.807, 2.05) is 6.07 Å². The second-order valence-electron chi connectivity index (χ2n) is 17.7. The maximum atomic E-state index is 6.78. The van der Waals surface area contributed by atoms with Crippen molar-refractivity contribution < 1.29 is 4.42 Å². The smallest absolute Gasteiger partial charge is 0.143 e. The zero-order valence-electron chi connectivity index (χ0n) is 37.7. The van der Waals surface area contributed by atoms with Gasteiger partial charge in [0.15, 0.2) is 0 Å². The lowest BCUT2D eigenvalue weighted by molar-refractivity contribution is 0.670. The molecule has 0 amide bonds. The molecule has 69 heavy (non-hydrogen) atoms. The molecule has 3 heteroatoms. The Labute approximate surface area is 401 Å². The Morgan fingerprint density at radius 2 is 0.797 bits per heavy atom. The van der Waals surface area contributed by atoms with E-state index < -0.39 is 0 Å². The van der Waals surface area contributed by atoms with Crippen LogP contribution in [-0.4, -0.2) is 4.57 Å². The molecular formula is C66H44N2O. The Kier molecular flexibility index (Phi) is 9.84. The molecule has 2 heterocycles. The van der Waals surface area contributed by atoms with Crippen LogP contribution in [0.5, 0.6) is 0 Å². The standard InChI is InChI=1S/C66H44N2O/c1-4-16-45(17-5-1)47-30-36-53(37-31-47)67(54-38-32-48(33-39-54)46-18-6-2-7-19-46)55-23-14-20-51(42-55)56-40-34-49(43-62(56)61-27-15-26-60-59-25-11-13-29-65(59)69-66(60)61)50-35-41-58-57-24-10-12-28-63(57)68(64(58)44-50)52-21-8-3-9-22-52/h1-44H. The average Bonchev–Trinajstić information content (AvgIpc) is 3.98. The van der Waals surface area contributed by atoms with Crippen molar-refractivity contribution in [2.75, 3.05) is 4.90 Å². The van der Waals surface area contributed by atoms with Gasteiger partial charge in [-0.3, -0.25) is 0 Å². The lowest BCUT2D eigenvalue weighted by Crippen LogP contribution is -2.10. The molecule has 324 valence electrons. The predicted molar refractivity (Wildman–Crippen MR) is 290 cm³/mol. The Balaban J connectivity index is 0.984. The van der Waals surface area contributed by atoms with Crippen molar-refractivity contribution >= 4 is 60.8 Å². The first kappa shape index (κ1) is 40.1. The van der Waals surface area contributed by atoms with Gasteiger partial charge in [0.2, 0.25) is 0 Å². The van der Waals surface area contributed by atoms with Gasteiger partial charge in [-0.05, 0) is 123 Å². The molecule has 0 unspecified atom stereocenters. The van der Waals surface area contributed by atoms with Crippen LogP contribution in [0.2, 0.25) is 0 Å². The van der Waals surface area contributed by atoms with Gasteiger partial charge in [-0.1, -0.05) is 194 Å². The summed E-state index contributed by atoms with van der Waals surface area (Å²) in [7, 11) is 0. The lowest BCUT2D eigenvalue weighted by atomic mass is 9.90. The molecule has 0 radical (unpaired) electrons. The van der Waals surface area contributed by atoms with Crippen LogP contribution in [0.1, 0.15) is 0 Å². The SMILES string of the molecule is c1ccc(-c2ccc(N(c3ccc(-c4ccccc4)cc3)c3cccc(-c4ccc(-c5ccc6c7ccccc7n(-c7ccccc7)c6c5)cc4-c4cccc5c4oc4ccccc45)c3)cc2)cc1. The van der Waals surface area contributed by atoms with Gasteiger partial charge in [0.05, 0.1) is 11.0 Å². The summed E-state index contributed by atoms with van der Waals surface area (Å²) in [6.45, 7) is 0. The van der Waals surface area contributed by atoms with Crippen molar-refractivity contribution in [3.05, 3.63) is 267 Å². The number of nitrogens with zero attached hydrogens (tertiary/aromatic N) is 2. The predicted octanol–water partition coefficient (Wildman–Crippen LogP) is 18.5. The van der Waals surface area contributed by atoms with Crippen molar-refractivity contribution in [3.8, 4) is 61.3 Å². The number of hydrogen-bond acceptors (Lipinski definition) is 2. The maximum Gasteiger partial charge on any atom is 0.143 e. The molecule has 13 aromatic rings. The molecule has 0 aliphatic rings. The molecule has 0 spiro atoms. The number of benzene rings is 11. The summed E-state index contributed by atoms with van der Waals surface area (Å²) in [5.74, 6) is 0. The third kappa shape index (κ3) is 7.16. The number of para-hydroxylation sites is 4. The van der Waals surface area contributed by atoms with E-state index in [2.05, 4.69) is 270 Å². The third-order valence-electron chi connectivity index (χ3n) is 13.6. The van der Waals surface area contributed by atoms with Crippen LogP contribution in [0.3, 0.4) is 0 Å². The first-order valence-electron chi connectivity index (χ1n) is 23.6. The first-order valence-corrected chi connectivity index (χ1v) is 23.6. The van der Waals surface area contributed by atoms with E-state index in [1.165, 1.54) is 44.1 Å². The zero-order valence-corrected chi connectivity index (χ0v) is 37.7. The van der Waals surface area contributed by atoms with E-state index in [-0.39, 0.29) is 0 Å². The van der Waals surface area contributed by atoms with Gasteiger partial charge in [-0.25, -0.2) is 0 Å². The van der Waals surface area contributed by atoms with Crippen LogP contribution >= 0.6 is 0 Å². The second kappa shape index (κ2) is 16.9. The lowest BCUT2D eigenvalue weighted by Gasteiger charge is -2.27. The average molecular weight is 881 g/mol. The van der Waals surface area contributed by atoms with Crippen molar-refractivity contribution in [1.82, 2.24) is 4.57 Å². The summed E-state index contributed by atoms with van der Waals surface area (Å²) in [4.78, 5) is 2.36. The van der Waals surface area contributed by atoms with Crippen molar-refractivity contribution in [3.63, 3.8) is 0 Å². The van der Waals surface area contributed by atoms with Gasteiger partial charge >= 0.3 is 0 Å². The molecule has 3 nitrogen and oxygen atoms in total. The van der Waals surface area contributed by atoms with Crippen LogP contribution in [0, 0.1) is 0 Å². The summed E-state index contributed by atoms with van der Waals surface area (Å²) < 4.78 is 9.17. The van der Waals surface area contributed by atoms with Gasteiger partial charge < -0.3 is 13.9 Å². The minimum absolute atomic E-state index is 0.881. The molecule has 2 aromatic heterocycles.